The molecule has 3 nitrogen and oxygen atoms in total. The second-order valence-electron chi connectivity index (χ2n) is 4.50. The zero-order valence-corrected chi connectivity index (χ0v) is 11.6. The maximum Gasteiger partial charge on any atom is 0.146 e. The van der Waals surface area contributed by atoms with Gasteiger partial charge in [-0.15, -0.1) is 0 Å². The van der Waals surface area contributed by atoms with Crippen LogP contribution in [0.25, 0.3) is 11.0 Å². The summed E-state index contributed by atoms with van der Waals surface area (Å²) in [5.41, 5.74) is 7.53. The predicted molar refractivity (Wildman–Crippen MR) is 79.9 cm³/mol. The van der Waals surface area contributed by atoms with E-state index in [1.807, 2.05) is 42.5 Å². The van der Waals surface area contributed by atoms with Crippen LogP contribution in [0.3, 0.4) is 0 Å². The Morgan fingerprint density at radius 1 is 1.10 bits per heavy atom. The molecule has 102 valence electrons. The molecule has 0 aliphatic heterocycles. The maximum absolute atomic E-state index is 5.91. The predicted octanol–water partition coefficient (Wildman–Crippen LogP) is 4.12. The normalized spacial score (nSPS) is 10.9. The van der Waals surface area contributed by atoms with Gasteiger partial charge in [-0.05, 0) is 24.3 Å². The van der Waals surface area contributed by atoms with Gasteiger partial charge in [0.25, 0.3) is 0 Å². The van der Waals surface area contributed by atoms with E-state index in [0.29, 0.717) is 18.2 Å². The molecule has 0 saturated heterocycles. The number of halogens is 1. The molecule has 1 heterocycles. The van der Waals surface area contributed by atoms with Crippen LogP contribution in [0.2, 0.25) is 5.02 Å². The van der Waals surface area contributed by atoms with Crippen LogP contribution < -0.4 is 10.5 Å². The summed E-state index contributed by atoms with van der Waals surface area (Å²) < 4.78 is 11.5. The topological polar surface area (TPSA) is 48.4 Å². The van der Waals surface area contributed by atoms with Crippen molar-refractivity contribution in [3.8, 4) is 5.75 Å². The number of hydrogen-bond acceptors (Lipinski definition) is 3. The number of para-hydroxylation sites is 1. The largest absolute Gasteiger partial charge is 0.486 e. The lowest BCUT2D eigenvalue weighted by atomic mass is 10.1. The zero-order chi connectivity index (χ0) is 13.9. The van der Waals surface area contributed by atoms with Crippen LogP contribution in [-0.4, -0.2) is 0 Å². The van der Waals surface area contributed by atoms with E-state index in [4.69, 9.17) is 26.5 Å². The minimum absolute atomic E-state index is 0.360. The van der Waals surface area contributed by atoms with Crippen molar-refractivity contribution in [1.82, 2.24) is 0 Å². The lowest BCUT2D eigenvalue weighted by molar-refractivity contribution is 0.274. The maximum atomic E-state index is 5.91. The molecule has 0 spiro atoms. The van der Waals surface area contributed by atoms with Crippen molar-refractivity contribution < 1.29 is 9.15 Å². The van der Waals surface area contributed by atoms with Crippen molar-refractivity contribution in [1.29, 1.82) is 0 Å². The summed E-state index contributed by atoms with van der Waals surface area (Å²) in [7, 11) is 0. The molecular formula is C16H14ClNO2. The number of nitrogens with two attached hydrogens (primary N) is 1. The van der Waals surface area contributed by atoms with Crippen molar-refractivity contribution in [3.05, 3.63) is 64.9 Å². The Morgan fingerprint density at radius 3 is 2.75 bits per heavy atom. The van der Waals surface area contributed by atoms with E-state index in [9.17, 15) is 0 Å². The number of hydrogen-bond donors (Lipinski definition) is 1. The average molecular weight is 288 g/mol. The number of benzene rings is 2. The molecule has 3 aromatic rings. The fourth-order valence-corrected chi connectivity index (χ4v) is 2.30. The summed E-state index contributed by atoms with van der Waals surface area (Å²) in [4.78, 5) is 0. The molecule has 0 fully saturated rings. The fraction of sp³-hybridized carbons (Fsp3) is 0.125. The Labute approximate surface area is 121 Å². The van der Waals surface area contributed by atoms with Gasteiger partial charge in [0.2, 0.25) is 0 Å². The highest BCUT2D eigenvalue weighted by Crippen LogP contribution is 2.24. The molecule has 20 heavy (non-hydrogen) atoms. The first-order chi connectivity index (χ1) is 9.76. The van der Waals surface area contributed by atoms with Crippen LogP contribution in [0.4, 0.5) is 0 Å². The summed E-state index contributed by atoms with van der Waals surface area (Å²) in [5.74, 6) is 1.48. The highest BCUT2D eigenvalue weighted by atomic mass is 35.5. The number of ether oxygens (including phenoxy) is 1. The number of furan rings is 1. The van der Waals surface area contributed by atoms with E-state index >= 15 is 0 Å². The van der Waals surface area contributed by atoms with Crippen molar-refractivity contribution in [2.24, 2.45) is 5.73 Å². The lowest BCUT2D eigenvalue weighted by Crippen LogP contribution is -1.95. The summed E-state index contributed by atoms with van der Waals surface area (Å²) in [6, 6.07) is 15.2. The van der Waals surface area contributed by atoms with Crippen LogP contribution in [0.1, 0.15) is 11.3 Å². The molecule has 0 aliphatic carbocycles. The Balaban J connectivity index is 1.81. The molecule has 2 aromatic carbocycles. The Kier molecular flexibility index (Phi) is 3.63. The van der Waals surface area contributed by atoms with Gasteiger partial charge in [0, 0.05) is 22.5 Å². The van der Waals surface area contributed by atoms with E-state index in [2.05, 4.69) is 0 Å². The first-order valence-electron chi connectivity index (χ1n) is 6.35. The summed E-state index contributed by atoms with van der Waals surface area (Å²) >= 11 is 5.91. The van der Waals surface area contributed by atoms with E-state index in [0.717, 1.165) is 28.0 Å². The Hall–Kier alpha value is -1.97. The van der Waals surface area contributed by atoms with Crippen LogP contribution in [0.15, 0.2) is 52.9 Å². The smallest absolute Gasteiger partial charge is 0.146 e. The fourth-order valence-electron chi connectivity index (χ4n) is 2.12. The van der Waals surface area contributed by atoms with Crippen molar-refractivity contribution in [3.63, 3.8) is 0 Å². The van der Waals surface area contributed by atoms with Gasteiger partial charge in [-0.3, -0.25) is 0 Å². The summed E-state index contributed by atoms with van der Waals surface area (Å²) in [5, 5.41) is 1.69. The van der Waals surface area contributed by atoms with Crippen molar-refractivity contribution in [2.45, 2.75) is 13.2 Å². The van der Waals surface area contributed by atoms with Gasteiger partial charge in [-0.25, -0.2) is 0 Å². The second-order valence-corrected chi connectivity index (χ2v) is 4.93. The molecule has 3 rings (SSSR count). The first kappa shape index (κ1) is 13.0. The molecule has 4 heteroatoms. The van der Waals surface area contributed by atoms with Gasteiger partial charge in [-0.2, -0.15) is 0 Å². The minimum Gasteiger partial charge on any atom is -0.486 e. The van der Waals surface area contributed by atoms with Crippen LogP contribution >= 0.6 is 11.6 Å². The van der Waals surface area contributed by atoms with Gasteiger partial charge in [0.05, 0.1) is 0 Å². The third-order valence-corrected chi connectivity index (χ3v) is 3.31. The van der Waals surface area contributed by atoms with E-state index < -0.39 is 0 Å². The van der Waals surface area contributed by atoms with E-state index in [1.165, 1.54) is 0 Å². The standard InChI is InChI=1S/C16H14ClNO2/c17-13-5-2-6-14(8-13)19-10-15-7-11-3-1-4-12(9-18)16(11)20-15/h1-8H,9-10,18H2. The van der Waals surface area contributed by atoms with Gasteiger partial charge in [0.1, 0.15) is 23.7 Å². The monoisotopic (exact) mass is 287 g/mol. The SMILES string of the molecule is NCc1cccc2cc(COc3cccc(Cl)c3)oc12. The van der Waals surface area contributed by atoms with Crippen LogP contribution in [0.5, 0.6) is 5.75 Å². The molecule has 0 radical (unpaired) electrons. The second kappa shape index (κ2) is 5.57. The van der Waals surface area contributed by atoms with Crippen LogP contribution in [0, 0.1) is 0 Å². The summed E-state index contributed by atoms with van der Waals surface area (Å²) in [6.07, 6.45) is 0. The highest BCUT2D eigenvalue weighted by Gasteiger charge is 2.08. The van der Waals surface area contributed by atoms with Crippen LogP contribution in [-0.2, 0) is 13.2 Å². The van der Waals surface area contributed by atoms with Crippen molar-refractivity contribution in [2.75, 3.05) is 0 Å². The lowest BCUT2D eigenvalue weighted by Gasteiger charge is -2.03. The highest BCUT2D eigenvalue weighted by molar-refractivity contribution is 6.30. The molecule has 0 bridgehead atoms. The van der Waals surface area contributed by atoms with Gasteiger partial charge in [-0.1, -0.05) is 35.9 Å². The zero-order valence-electron chi connectivity index (χ0n) is 10.8. The number of fused-ring (bicyclic) bond motifs is 1. The number of rotatable bonds is 4. The average Bonchev–Trinajstić information content (AvgIpc) is 2.88. The van der Waals surface area contributed by atoms with Crippen molar-refractivity contribution >= 4 is 22.6 Å². The molecule has 0 amide bonds. The molecule has 0 saturated carbocycles. The summed E-state index contributed by atoms with van der Waals surface area (Å²) in [6.45, 7) is 0.818. The molecule has 1 aromatic heterocycles. The molecule has 0 atom stereocenters. The molecule has 0 unspecified atom stereocenters. The Bertz CT molecular complexity index is 736. The first-order valence-corrected chi connectivity index (χ1v) is 6.73. The van der Waals surface area contributed by atoms with E-state index in [1.54, 1.807) is 6.07 Å². The molecule has 0 aliphatic rings. The minimum atomic E-state index is 0.360. The Morgan fingerprint density at radius 2 is 1.95 bits per heavy atom. The quantitative estimate of drug-likeness (QED) is 0.785. The van der Waals surface area contributed by atoms with Gasteiger partial charge in [0.15, 0.2) is 0 Å². The van der Waals surface area contributed by atoms with Gasteiger partial charge >= 0.3 is 0 Å². The third-order valence-electron chi connectivity index (χ3n) is 3.07. The van der Waals surface area contributed by atoms with Gasteiger partial charge < -0.3 is 14.9 Å². The molecule has 2 N–H and O–H groups in total. The van der Waals surface area contributed by atoms with E-state index in [-0.39, 0.29) is 0 Å². The third kappa shape index (κ3) is 2.64. The molecular weight excluding hydrogens is 274 g/mol.